The van der Waals surface area contributed by atoms with Crippen molar-refractivity contribution in [2.45, 2.75) is 39.8 Å². The Hall–Kier alpha value is -1.20. The number of nitrogens with one attached hydrogen (secondary N) is 1. The van der Waals surface area contributed by atoms with Gasteiger partial charge in [0, 0.05) is 30.8 Å². The van der Waals surface area contributed by atoms with Crippen molar-refractivity contribution in [2.75, 3.05) is 6.54 Å². The van der Waals surface area contributed by atoms with E-state index in [1.807, 2.05) is 4.68 Å². The number of hydrogen-bond acceptors (Lipinski definition) is 4. The van der Waals surface area contributed by atoms with Crippen molar-refractivity contribution in [1.29, 1.82) is 0 Å². The topological polar surface area (TPSA) is 42.7 Å². The highest BCUT2D eigenvalue weighted by atomic mass is 32.1. The Bertz CT molecular complexity index is 461. The number of thiophene rings is 1. The molecule has 0 spiro atoms. The van der Waals surface area contributed by atoms with Gasteiger partial charge in [0.2, 0.25) is 0 Å². The molecule has 4 nitrogen and oxygen atoms in total. The van der Waals surface area contributed by atoms with Crippen LogP contribution in [0.1, 0.15) is 30.4 Å². The van der Waals surface area contributed by atoms with Crippen LogP contribution in [0.15, 0.2) is 17.5 Å². The zero-order chi connectivity index (χ0) is 12.8. The molecule has 0 amide bonds. The monoisotopic (exact) mass is 264 g/mol. The smallest absolute Gasteiger partial charge is 0.150 e. The fraction of sp³-hybridized carbons (Fsp3) is 0.538. The summed E-state index contributed by atoms with van der Waals surface area (Å²) in [6, 6.07) is 4.24. The molecule has 2 aromatic heterocycles. The van der Waals surface area contributed by atoms with Crippen molar-refractivity contribution in [2.24, 2.45) is 0 Å². The summed E-state index contributed by atoms with van der Waals surface area (Å²) in [5.41, 5.74) is 0. The van der Waals surface area contributed by atoms with E-state index in [9.17, 15) is 0 Å². The number of rotatable bonds is 7. The van der Waals surface area contributed by atoms with Crippen LogP contribution in [-0.2, 0) is 25.9 Å². The Kier molecular flexibility index (Phi) is 4.90. The average molecular weight is 264 g/mol. The Morgan fingerprint density at radius 3 is 2.89 bits per heavy atom. The van der Waals surface area contributed by atoms with Crippen LogP contribution >= 0.6 is 11.3 Å². The van der Waals surface area contributed by atoms with E-state index in [1.54, 1.807) is 11.3 Å². The normalized spacial score (nSPS) is 11.0. The molecule has 0 bridgehead atoms. The molecule has 2 heterocycles. The fourth-order valence-corrected chi connectivity index (χ4v) is 2.50. The lowest BCUT2D eigenvalue weighted by atomic mass is 10.4. The molecule has 0 saturated carbocycles. The van der Waals surface area contributed by atoms with Gasteiger partial charge in [0.15, 0.2) is 5.82 Å². The van der Waals surface area contributed by atoms with E-state index in [4.69, 9.17) is 0 Å². The minimum absolute atomic E-state index is 0.890. The second-order valence-corrected chi connectivity index (χ2v) is 5.16. The molecule has 0 radical (unpaired) electrons. The first-order chi connectivity index (χ1) is 8.83. The van der Waals surface area contributed by atoms with Crippen molar-refractivity contribution in [3.8, 4) is 0 Å². The maximum absolute atomic E-state index is 4.50. The molecule has 0 aliphatic carbocycles. The van der Waals surface area contributed by atoms with Gasteiger partial charge in [-0.3, -0.25) is 0 Å². The van der Waals surface area contributed by atoms with Crippen LogP contribution in [0.4, 0.5) is 0 Å². The van der Waals surface area contributed by atoms with E-state index < -0.39 is 0 Å². The summed E-state index contributed by atoms with van der Waals surface area (Å²) in [6.07, 6.45) is 1.85. The SMILES string of the molecule is CCc1nc(CC)n(CCNCc2cccs2)n1. The van der Waals surface area contributed by atoms with E-state index in [1.165, 1.54) is 4.88 Å². The predicted octanol–water partition coefficient (Wildman–Crippen LogP) is 2.25. The Morgan fingerprint density at radius 1 is 1.33 bits per heavy atom. The summed E-state index contributed by atoms with van der Waals surface area (Å²) >= 11 is 1.79. The number of aryl methyl sites for hydroxylation is 2. The largest absolute Gasteiger partial charge is 0.310 e. The zero-order valence-electron chi connectivity index (χ0n) is 11.0. The standard InChI is InChI=1S/C13H20N4S/c1-3-12-15-13(4-2)17(16-12)8-7-14-10-11-6-5-9-18-11/h5-6,9,14H,3-4,7-8,10H2,1-2H3. The van der Waals surface area contributed by atoms with Crippen LogP contribution in [-0.4, -0.2) is 21.3 Å². The quantitative estimate of drug-likeness (QED) is 0.780. The maximum Gasteiger partial charge on any atom is 0.150 e. The van der Waals surface area contributed by atoms with Gasteiger partial charge in [-0.15, -0.1) is 11.3 Å². The highest BCUT2D eigenvalue weighted by Crippen LogP contribution is 2.07. The number of nitrogens with zero attached hydrogens (tertiary/aromatic N) is 3. The molecule has 5 heteroatoms. The van der Waals surface area contributed by atoms with Crippen molar-refractivity contribution >= 4 is 11.3 Å². The maximum atomic E-state index is 4.50. The first-order valence-electron chi connectivity index (χ1n) is 6.49. The molecule has 0 aromatic carbocycles. The van der Waals surface area contributed by atoms with Crippen LogP contribution in [0, 0.1) is 0 Å². The summed E-state index contributed by atoms with van der Waals surface area (Å²) < 4.78 is 2.03. The third-order valence-corrected chi connectivity index (χ3v) is 3.68. The third-order valence-electron chi connectivity index (χ3n) is 2.80. The first kappa shape index (κ1) is 13.2. The van der Waals surface area contributed by atoms with Crippen molar-refractivity contribution in [1.82, 2.24) is 20.1 Å². The van der Waals surface area contributed by atoms with E-state index in [0.29, 0.717) is 0 Å². The van der Waals surface area contributed by atoms with Crippen molar-refractivity contribution in [3.05, 3.63) is 34.0 Å². The lowest BCUT2D eigenvalue weighted by Gasteiger charge is -2.05. The Morgan fingerprint density at radius 2 is 2.22 bits per heavy atom. The molecule has 18 heavy (non-hydrogen) atoms. The summed E-state index contributed by atoms with van der Waals surface area (Å²) in [5.74, 6) is 2.04. The van der Waals surface area contributed by atoms with Gasteiger partial charge < -0.3 is 5.32 Å². The van der Waals surface area contributed by atoms with Crippen molar-refractivity contribution < 1.29 is 0 Å². The van der Waals surface area contributed by atoms with Crippen molar-refractivity contribution in [3.63, 3.8) is 0 Å². The first-order valence-corrected chi connectivity index (χ1v) is 7.37. The Labute approximate surface area is 112 Å². The number of aromatic nitrogens is 3. The van der Waals surface area contributed by atoms with Gasteiger partial charge in [-0.2, -0.15) is 5.10 Å². The molecule has 0 aliphatic heterocycles. The average Bonchev–Trinajstić information content (AvgIpc) is 3.03. The molecule has 0 saturated heterocycles. The van der Waals surface area contributed by atoms with Crippen LogP contribution < -0.4 is 5.32 Å². The predicted molar refractivity (Wildman–Crippen MR) is 74.8 cm³/mol. The lowest BCUT2D eigenvalue weighted by molar-refractivity contribution is 0.534. The van der Waals surface area contributed by atoms with Crippen LogP contribution in [0.3, 0.4) is 0 Å². The van der Waals surface area contributed by atoms with E-state index in [2.05, 4.69) is 46.8 Å². The Balaban J connectivity index is 1.80. The molecule has 0 aliphatic rings. The van der Waals surface area contributed by atoms with E-state index in [-0.39, 0.29) is 0 Å². The molecule has 0 atom stereocenters. The molecule has 2 rings (SSSR count). The lowest BCUT2D eigenvalue weighted by Crippen LogP contribution is -2.20. The summed E-state index contributed by atoms with van der Waals surface area (Å²) in [7, 11) is 0. The van der Waals surface area contributed by atoms with Gasteiger partial charge in [-0.05, 0) is 11.4 Å². The minimum atomic E-state index is 0.890. The highest BCUT2D eigenvalue weighted by molar-refractivity contribution is 7.09. The molecule has 98 valence electrons. The molecule has 2 aromatic rings. The van der Waals surface area contributed by atoms with Gasteiger partial charge in [0.1, 0.15) is 5.82 Å². The molecule has 0 unspecified atom stereocenters. The summed E-state index contributed by atoms with van der Waals surface area (Å²) in [4.78, 5) is 5.88. The minimum Gasteiger partial charge on any atom is -0.310 e. The number of hydrogen-bond donors (Lipinski definition) is 1. The zero-order valence-corrected chi connectivity index (χ0v) is 11.8. The van der Waals surface area contributed by atoms with Gasteiger partial charge >= 0.3 is 0 Å². The summed E-state index contributed by atoms with van der Waals surface area (Å²) in [6.45, 7) is 6.97. The second kappa shape index (κ2) is 6.66. The van der Waals surface area contributed by atoms with E-state index >= 15 is 0 Å². The fourth-order valence-electron chi connectivity index (χ4n) is 1.83. The van der Waals surface area contributed by atoms with Gasteiger partial charge in [0.25, 0.3) is 0 Å². The third kappa shape index (κ3) is 3.40. The van der Waals surface area contributed by atoms with Crippen LogP contribution in [0.2, 0.25) is 0 Å². The van der Waals surface area contributed by atoms with E-state index in [0.717, 1.165) is 44.1 Å². The van der Waals surface area contributed by atoms with Gasteiger partial charge in [0.05, 0.1) is 6.54 Å². The molecule has 1 N–H and O–H groups in total. The highest BCUT2D eigenvalue weighted by Gasteiger charge is 2.06. The van der Waals surface area contributed by atoms with Gasteiger partial charge in [-0.1, -0.05) is 19.9 Å². The van der Waals surface area contributed by atoms with Crippen LogP contribution in [0.25, 0.3) is 0 Å². The summed E-state index contributed by atoms with van der Waals surface area (Å²) in [5, 5.41) is 10.0. The second-order valence-electron chi connectivity index (χ2n) is 4.13. The van der Waals surface area contributed by atoms with Gasteiger partial charge in [-0.25, -0.2) is 9.67 Å². The molecule has 0 fully saturated rings. The molecular formula is C13H20N4S. The van der Waals surface area contributed by atoms with Crippen LogP contribution in [0.5, 0.6) is 0 Å². The molecular weight excluding hydrogens is 244 g/mol.